The van der Waals surface area contributed by atoms with Crippen molar-refractivity contribution in [2.75, 3.05) is 0 Å². The van der Waals surface area contributed by atoms with Crippen molar-refractivity contribution in [1.29, 1.82) is 0 Å². The van der Waals surface area contributed by atoms with Gasteiger partial charge in [-0.25, -0.2) is 0 Å². The summed E-state index contributed by atoms with van der Waals surface area (Å²) < 4.78 is 2.42. The first-order valence-electron chi connectivity index (χ1n) is 19.0. The summed E-state index contributed by atoms with van der Waals surface area (Å²) in [7, 11) is 0. The predicted octanol–water partition coefficient (Wildman–Crippen LogP) is 14.9. The van der Waals surface area contributed by atoms with Crippen molar-refractivity contribution >= 4 is 54.1 Å². The molecular weight excluding hydrogens is 663 g/mol. The molecule has 0 aliphatic carbocycles. The Hall–Kier alpha value is -7.22. The highest BCUT2D eigenvalue weighted by molar-refractivity contribution is 6.21. The molecule has 0 N–H and O–H groups in total. The Bertz CT molecular complexity index is 3180. The van der Waals surface area contributed by atoms with Gasteiger partial charge in [0, 0.05) is 16.5 Å². The number of hydrogen-bond acceptors (Lipinski definition) is 0. The maximum Gasteiger partial charge on any atom is 0.0541 e. The van der Waals surface area contributed by atoms with Crippen LogP contribution in [0.15, 0.2) is 212 Å². The highest BCUT2D eigenvalue weighted by Crippen LogP contribution is 2.44. The number of benzene rings is 10. The molecule has 1 heteroatoms. The van der Waals surface area contributed by atoms with Gasteiger partial charge in [-0.2, -0.15) is 0 Å². The van der Waals surface area contributed by atoms with Gasteiger partial charge >= 0.3 is 0 Å². The molecule has 0 aliphatic rings. The van der Waals surface area contributed by atoms with Gasteiger partial charge in [-0.3, -0.25) is 0 Å². The zero-order valence-electron chi connectivity index (χ0n) is 30.2. The Morgan fingerprint density at radius 3 is 1.44 bits per heavy atom. The van der Waals surface area contributed by atoms with Crippen LogP contribution in [0, 0.1) is 0 Å². The highest BCUT2D eigenvalue weighted by atomic mass is 15.0. The van der Waals surface area contributed by atoms with Crippen molar-refractivity contribution in [3.63, 3.8) is 0 Å². The average molecular weight is 698 g/mol. The van der Waals surface area contributed by atoms with E-state index in [1.807, 2.05) is 0 Å². The van der Waals surface area contributed by atoms with Crippen LogP contribution in [-0.4, -0.2) is 4.57 Å². The molecule has 0 bridgehead atoms. The quantitative estimate of drug-likeness (QED) is 0.158. The molecule has 1 nitrogen and oxygen atoms in total. The monoisotopic (exact) mass is 697 g/mol. The third kappa shape index (κ3) is 5.09. The highest BCUT2D eigenvalue weighted by Gasteiger charge is 2.18. The number of fused-ring (bicyclic) bond motifs is 6. The van der Waals surface area contributed by atoms with E-state index in [-0.39, 0.29) is 0 Å². The van der Waals surface area contributed by atoms with Crippen LogP contribution >= 0.6 is 0 Å². The maximum absolute atomic E-state index is 2.42. The standard InChI is InChI=1S/C54H35N/c1-2-15-37(16-3-1)53-46-22-6-8-24-48(46)54(49-25-9-7-23-47(49)53)38-28-31-42(32-29-38)55-51-27-11-10-21-45(51)50-35-40(30-33-52(50)55)39-18-12-19-41(34-39)44-26-13-17-36-14-4-5-20-43(36)44/h1-35H. The molecule has 0 unspecified atom stereocenters. The van der Waals surface area contributed by atoms with E-state index in [0.717, 1.165) is 5.69 Å². The normalized spacial score (nSPS) is 11.6. The van der Waals surface area contributed by atoms with E-state index in [9.17, 15) is 0 Å². The minimum absolute atomic E-state index is 1.15. The lowest BCUT2D eigenvalue weighted by molar-refractivity contribution is 1.18. The van der Waals surface area contributed by atoms with E-state index in [1.54, 1.807) is 0 Å². The number of hydrogen-bond donors (Lipinski definition) is 0. The Balaban J connectivity index is 1.04. The molecule has 0 fully saturated rings. The van der Waals surface area contributed by atoms with Crippen LogP contribution in [0.1, 0.15) is 0 Å². The smallest absolute Gasteiger partial charge is 0.0541 e. The van der Waals surface area contributed by atoms with Crippen LogP contribution in [0.5, 0.6) is 0 Å². The number of nitrogens with zero attached hydrogens (tertiary/aromatic N) is 1. The molecule has 1 heterocycles. The van der Waals surface area contributed by atoms with Crippen molar-refractivity contribution in [3.05, 3.63) is 212 Å². The van der Waals surface area contributed by atoms with Crippen LogP contribution in [-0.2, 0) is 0 Å². The average Bonchev–Trinajstić information content (AvgIpc) is 3.59. The molecule has 0 atom stereocenters. The Morgan fingerprint density at radius 2 is 0.727 bits per heavy atom. The van der Waals surface area contributed by atoms with Gasteiger partial charge < -0.3 is 4.57 Å². The van der Waals surface area contributed by atoms with Crippen LogP contribution in [0.2, 0.25) is 0 Å². The second-order valence-corrected chi connectivity index (χ2v) is 14.4. The van der Waals surface area contributed by atoms with Gasteiger partial charge in [0.15, 0.2) is 0 Å². The van der Waals surface area contributed by atoms with E-state index in [1.165, 1.54) is 98.6 Å². The molecule has 11 rings (SSSR count). The van der Waals surface area contributed by atoms with Crippen molar-refractivity contribution in [3.8, 4) is 50.2 Å². The van der Waals surface area contributed by atoms with Crippen molar-refractivity contribution in [2.45, 2.75) is 0 Å². The van der Waals surface area contributed by atoms with Gasteiger partial charge in [0.05, 0.1) is 11.0 Å². The van der Waals surface area contributed by atoms with Crippen LogP contribution < -0.4 is 0 Å². The minimum Gasteiger partial charge on any atom is -0.309 e. The van der Waals surface area contributed by atoms with E-state index in [2.05, 4.69) is 217 Å². The molecule has 55 heavy (non-hydrogen) atoms. The second kappa shape index (κ2) is 12.7. The SMILES string of the molecule is c1ccc(-c2c3ccccc3c(-c3ccc(-n4c5ccccc5c5cc(-c6cccc(-c7cccc8ccccc78)c6)ccc54)cc3)c3ccccc23)cc1. The largest absolute Gasteiger partial charge is 0.309 e. The van der Waals surface area contributed by atoms with Crippen LogP contribution in [0.3, 0.4) is 0 Å². The zero-order chi connectivity index (χ0) is 36.3. The summed E-state index contributed by atoms with van der Waals surface area (Å²) in [4.78, 5) is 0. The summed E-state index contributed by atoms with van der Waals surface area (Å²) >= 11 is 0. The number of para-hydroxylation sites is 1. The van der Waals surface area contributed by atoms with Gasteiger partial charge in [0.25, 0.3) is 0 Å². The first-order valence-corrected chi connectivity index (χ1v) is 19.0. The van der Waals surface area contributed by atoms with Gasteiger partial charge in [0.1, 0.15) is 0 Å². The first kappa shape index (κ1) is 31.3. The summed E-state index contributed by atoms with van der Waals surface area (Å²) in [5.74, 6) is 0. The van der Waals surface area contributed by atoms with Gasteiger partial charge in [0.2, 0.25) is 0 Å². The molecule has 11 aromatic rings. The fourth-order valence-corrected chi connectivity index (χ4v) is 8.91. The third-order valence-electron chi connectivity index (χ3n) is 11.4. The molecule has 10 aromatic carbocycles. The minimum atomic E-state index is 1.15. The molecule has 0 saturated carbocycles. The van der Waals surface area contributed by atoms with E-state index in [4.69, 9.17) is 0 Å². The number of rotatable bonds is 5. The summed E-state index contributed by atoms with van der Waals surface area (Å²) in [5.41, 5.74) is 13.5. The van der Waals surface area contributed by atoms with E-state index >= 15 is 0 Å². The molecule has 0 amide bonds. The molecule has 1 aromatic heterocycles. The molecular formula is C54H35N. The topological polar surface area (TPSA) is 4.93 Å². The summed E-state index contributed by atoms with van der Waals surface area (Å²) in [6.07, 6.45) is 0. The van der Waals surface area contributed by atoms with E-state index < -0.39 is 0 Å². The first-order chi connectivity index (χ1) is 27.3. The van der Waals surface area contributed by atoms with E-state index in [0.29, 0.717) is 0 Å². The van der Waals surface area contributed by atoms with Gasteiger partial charge in [-0.15, -0.1) is 0 Å². The fourth-order valence-electron chi connectivity index (χ4n) is 8.91. The molecule has 0 spiro atoms. The zero-order valence-corrected chi connectivity index (χ0v) is 30.2. The van der Waals surface area contributed by atoms with Gasteiger partial charge in [-0.1, -0.05) is 176 Å². The second-order valence-electron chi connectivity index (χ2n) is 14.4. The summed E-state index contributed by atoms with van der Waals surface area (Å²) in [6.45, 7) is 0. The van der Waals surface area contributed by atoms with Crippen LogP contribution in [0.4, 0.5) is 0 Å². The predicted molar refractivity (Wildman–Crippen MR) is 235 cm³/mol. The molecule has 256 valence electrons. The molecule has 0 radical (unpaired) electrons. The molecule has 0 aliphatic heterocycles. The lowest BCUT2D eigenvalue weighted by Gasteiger charge is -2.18. The lowest BCUT2D eigenvalue weighted by Crippen LogP contribution is -1.94. The fraction of sp³-hybridized carbons (Fsp3) is 0. The lowest BCUT2D eigenvalue weighted by atomic mass is 9.86. The number of aromatic nitrogens is 1. The summed E-state index contributed by atoms with van der Waals surface area (Å²) in [5, 5.41) is 10.1. The van der Waals surface area contributed by atoms with Crippen LogP contribution in [0.25, 0.3) is 104 Å². The van der Waals surface area contributed by atoms with Crippen molar-refractivity contribution in [1.82, 2.24) is 4.57 Å². The van der Waals surface area contributed by atoms with Crippen molar-refractivity contribution < 1.29 is 0 Å². The maximum atomic E-state index is 2.42. The Labute approximate surface area is 320 Å². The Morgan fingerprint density at radius 1 is 0.255 bits per heavy atom. The summed E-state index contributed by atoms with van der Waals surface area (Å²) in [6, 6.07) is 77.7. The van der Waals surface area contributed by atoms with Gasteiger partial charge in [-0.05, 0) is 113 Å². The molecule has 0 saturated heterocycles. The van der Waals surface area contributed by atoms with Crippen molar-refractivity contribution in [2.24, 2.45) is 0 Å². The Kier molecular flexibility index (Phi) is 7.25. The third-order valence-corrected chi connectivity index (χ3v) is 11.4.